The van der Waals surface area contributed by atoms with Crippen molar-refractivity contribution in [3.63, 3.8) is 0 Å². The van der Waals surface area contributed by atoms with Crippen molar-refractivity contribution < 1.29 is 8.42 Å². The SMILES string of the molecule is Cc1csc(NS(=O)(=O)c2cccc(N)c2C)n1. The van der Waals surface area contributed by atoms with Gasteiger partial charge in [0.05, 0.1) is 10.6 Å². The van der Waals surface area contributed by atoms with Gasteiger partial charge in [-0.05, 0) is 31.5 Å². The molecule has 0 radical (unpaired) electrons. The lowest BCUT2D eigenvalue weighted by atomic mass is 10.2. The maximum atomic E-state index is 12.2. The van der Waals surface area contributed by atoms with Gasteiger partial charge in [-0.2, -0.15) is 0 Å². The number of nitrogens with one attached hydrogen (secondary N) is 1. The first-order valence-electron chi connectivity index (χ1n) is 5.20. The lowest BCUT2D eigenvalue weighted by molar-refractivity contribution is 0.600. The lowest BCUT2D eigenvalue weighted by Gasteiger charge is -2.09. The van der Waals surface area contributed by atoms with E-state index in [1.807, 2.05) is 0 Å². The van der Waals surface area contributed by atoms with Crippen LogP contribution in [-0.2, 0) is 10.0 Å². The molecule has 0 fully saturated rings. The summed E-state index contributed by atoms with van der Waals surface area (Å²) in [5.74, 6) is 0. The summed E-state index contributed by atoms with van der Waals surface area (Å²) in [5, 5.41) is 2.14. The van der Waals surface area contributed by atoms with Gasteiger partial charge in [-0.3, -0.25) is 4.72 Å². The molecule has 0 saturated carbocycles. The standard InChI is InChI=1S/C11H13N3O2S2/c1-7-6-17-11(13-7)14-18(15,16)10-5-3-4-9(12)8(10)2/h3-6H,12H2,1-2H3,(H,13,14). The monoisotopic (exact) mass is 283 g/mol. The van der Waals surface area contributed by atoms with E-state index in [-0.39, 0.29) is 4.90 Å². The van der Waals surface area contributed by atoms with E-state index in [1.165, 1.54) is 17.4 Å². The third-order valence-corrected chi connectivity index (χ3v) is 4.94. The number of hydrogen-bond donors (Lipinski definition) is 2. The van der Waals surface area contributed by atoms with Crippen molar-refractivity contribution in [2.75, 3.05) is 10.5 Å². The quantitative estimate of drug-likeness (QED) is 0.845. The zero-order valence-electron chi connectivity index (χ0n) is 9.97. The Balaban J connectivity index is 2.40. The Kier molecular flexibility index (Phi) is 3.27. The fourth-order valence-corrected chi connectivity index (χ4v) is 3.71. The van der Waals surface area contributed by atoms with Gasteiger partial charge in [-0.25, -0.2) is 13.4 Å². The molecule has 0 bridgehead atoms. The number of benzene rings is 1. The smallest absolute Gasteiger partial charge is 0.264 e. The molecule has 0 spiro atoms. The second-order valence-electron chi connectivity index (χ2n) is 3.87. The highest BCUT2D eigenvalue weighted by atomic mass is 32.2. The van der Waals surface area contributed by atoms with Crippen LogP contribution in [-0.4, -0.2) is 13.4 Å². The normalized spacial score (nSPS) is 11.4. The Bertz CT molecular complexity index is 677. The van der Waals surface area contributed by atoms with Gasteiger partial charge in [0, 0.05) is 11.1 Å². The maximum absolute atomic E-state index is 12.2. The predicted molar refractivity (Wildman–Crippen MR) is 73.3 cm³/mol. The summed E-state index contributed by atoms with van der Waals surface area (Å²) in [7, 11) is -3.64. The molecule has 18 heavy (non-hydrogen) atoms. The van der Waals surface area contributed by atoms with Crippen LogP contribution in [0.4, 0.5) is 10.8 Å². The zero-order chi connectivity index (χ0) is 13.3. The molecule has 7 heteroatoms. The summed E-state index contributed by atoms with van der Waals surface area (Å²) >= 11 is 1.25. The highest BCUT2D eigenvalue weighted by Gasteiger charge is 2.19. The van der Waals surface area contributed by atoms with E-state index in [0.29, 0.717) is 16.4 Å². The first-order valence-corrected chi connectivity index (χ1v) is 7.56. The number of thiazole rings is 1. The van der Waals surface area contributed by atoms with Crippen LogP contribution < -0.4 is 10.5 Å². The first kappa shape index (κ1) is 12.8. The third-order valence-electron chi connectivity index (χ3n) is 2.46. The molecule has 2 aromatic rings. The van der Waals surface area contributed by atoms with Crippen LogP contribution in [0.3, 0.4) is 0 Å². The molecule has 96 valence electrons. The molecule has 3 N–H and O–H groups in total. The number of sulfonamides is 1. The average molecular weight is 283 g/mol. The molecule has 0 saturated heterocycles. The Hall–Kier alpha value is -1.60. The van der Waals surface area contributed by atoms with Gasteiger partial charge < -0.3 is 5.73 Å². The molecule has 2 rings (SSSR count). The molecule has 0 atom stereocenters. The van der Waals surface area contributed by atoms with Crippen LogP contribution in [0.25, 0.3) is 0 Å². The number of hydrogen-bond acceptors (Lipinski definition) is 5. The minimum atomic E-state index is -3.64. The Morgan fingerprint density at radius 2 is 2.06 bits per heavy atom. The van der Waals surface area contributed by atoms with E-state index in [9.17, 15) is 8.42 Å². The summed E-state index contributed by atoms with van der Waals surface area (Å²) in [6.07, 6.45) is 0. The van der Waals surface area contributed by atoms with Crippen LogP contribution in [0.1, 0.15) is 11.3 Å². The molecule has 0 unspecified atom stereocenters. The van der Waals surface area contributed by atoms with E-state index in [2.05, 4.69) is 9.71 Å². The zero-order valence-corrected chi connectivity index (χ0v) is 11.6. The molecular weight excluding hydrogens is 270 g/mol. The molecule has 1 aromatic heterocycles. The van der Waals surface area contributed by atoms with Crippen molar-refractivity contribution in [3.8, 4) is 0 Å². The number of nitrogens with two attached hydrogens (primary N) is 1. The van der Waals surface area contributed by atoms with Crippen molar-refractivity contribution >= 4 is 32.2 Å². The summed E-state index contributed by atoms with van der Waals surface area (Å²) in [5.41, 5.74) is 7.48. The van der Waals surface area contributed by atoms with Crippen molar-refractivity contribution in [1.82, 2.24) is 4.98 Å². The fraction of sp³-hybridized carbons (Fsp3) is 0.182. The average Bonchev–Trinajstić information content (AvgIpc) is 2.67. The van der Waals surface area contributed by atoms with Gasteiger partial charge in [-0.1, -0.05) is 6.07 Å². The van der Waals surface area contributed by atoms with Crippen LogP contribution in [0, 0.1) is 13.8 Å². The number of nitrogens with zero attached hydrogens (tertiary/aromatic N) is 1. The van der Waals surface area contributed by atoms with E-state index in [1.54, 1.807) is 31.4 Å². The van der Waals surface area contributed by atoms with Gasteiger partial charge >= 0.3 is 0 Å². The van der Waals surface area contributed by atoms with Crippen molar-refractivity contribution in [3.05, 3.63) is 34.8 Å². The molecule has 0 aliphatic rings. The second-order valence-corrected chi connectivity index (χ2v) is 6.38. The van der Waals surface area contributed by atoms with Crippen molar-refractivity contribution in [2.24, 2.45) is 0 Å². The van der Waals surface area contributed by atoms with E-state index in [0.717, 1.165) is 5.69 Å². The highest BCUT2D eigenvalue weighted by Crippen LogP contribution is 2.24. The van der Waals surface area contributed by atoms with Crippen LogP contribution in [0.15, 0.2) is 28.5 Å². The fourth-order valence-electron chi connectivity index (χ4n) is 1.49. The molecular formula is C11H13N3O2S2. The van der Waals surface area contributed by atoms with Crippen LogP contribution >= 0.6 is 11.3 Å². The lowest BCUT2D eigenvalue weighted by Crippen LogP contribution is -2.14. The first-order chi connectivity index (χ1) is 8.40. The number of anilines is 2. The molecule has 0 amide bonds. The second kappa shape index (κ2) is 4.58. The summed E-state index contributed by atoms with van der Waals surface area (Å²) < 4.78 is 26.8. The summed E-state index contributed by atoms with van der Waals surface area (Å²) in [4.78, 5) is 4.25. The molecule has 1 aromatic carbocycles. The van der Waals surface area contributed by atoms with Crippen molar-refractivity contribution in [2.45, 2.75) is 18.7 Å². The summed E-state index contributed by atoms with van der Waals surface area (Å²) in [6, 6.07) is 4.81. The highest BCUT2D eigenvalue weighted by molar-refractivity contribution is 7.93. The Morgan fingerprint density at radius 3 is 2.67 bits per heavy atom. The number of rotatable bonds is 3. The van der Waals surface area contributed by atoms with Crippen LogP contribution in [0.5, 0.6) is 0 Å². The van der Waals surface area contributed by atoms with Gasteiger partial charge in [0.15, 0.2) is 5.13 Å². The minimum Gasteiger partial charge on any atom is -0.398 e. The molecule has 5 nitrogen and oxygen atoms in total. The Labute approximate surface area is 110 Å². The van der Waals surface area contributed by atoms with Gasteiger partial charge in [0.2, 0.25) is 0 Å². The van der Waals surface area contributed by atoms with Gasteiger partial charge in [-0.15, -0.1) is 11.3 Å². The van der Waals surface area contributed by atoms with E-state index < -0.39 is 10.0 Å². The maximum Gasteiger partial charge on any atom is 0.264 e. The summed E-state index contributed by atoms with van der Waals surface area (Å²) in [6.45, 7) is 3.48. The molecule has 1 heterocycles. The van der Waals surface area contributed by atoms with Gasteiger partial charge in [0.1, 0.15) is 0 Å². The van der Waals surface area contributed by atoms with Gasteiger partial charge in [0.25, 0.3) is 10.0 Å². The number of aryl methyl sites for hydroxylation is 1. The molecule has 0 aliphatic carbocycles. The number of nitrogen functional groups attached to an aromatic ring is 1. The molecule has 0 aliphatic heterocycles. The number of aromatic nitrogens is 1. The topological polar surface area (TPSA) is 85.1 Å². The largest absolute Gasteiger partial charge is 0.398 e. The van der Waals surface area contributed by atoms with E-state index in [4.69, 9.17) is 5.73 Å². The minimum absolute atomic E-state index is 0.176. The van der Waals surface area contributed by atoms with E-state index >= 15 is 0 Å². The third kappa shape index (κ3) is 2.46. The Morgan fingerprint density at radius 1 is 1.33 bits per heavy atom. The van der Waals surface area contributed by atoms with Crippen LogP contribution in [0.2, 0.25) is 0 Å². The van der Waals surface area contributed by atoms with Crippen molar-refractivity contribution in [1.29, 1.82) is 0 Å². The predicted octanol–water partition coefficient (Wildman–Crippen LogP) is 2.14.